The Balaban J connectivity index is 0.00000220. The van der Waals surface area contributed by atoms with E-state index >= 15 is 0 Å². The summed E-state index contributed by atoms with van der Waals surface area (Å²) in [6.07, 6.45) is 3.84. The number of piperidine rings is 1. The van der Waals surface area contributed by atoms with Crippen LogP contribution >= 0.6 is 24.0 Å². The van der Waals surface area contributed by atoms with Gasteiger partial charge in [-0.1, -0.05) is 11.6 Å². The topological polar surface area (TPSA) is 12.5 Å². The molecule has 0 amide bonds. The fourth-order valence-electron chi connectivity index (χ4n) is 3.43. The first-order valence-corrected chi connectivity index (χ1v) is 7.85. The molecule has 120 valence electrons. The van der Waals surface area contributed by atoms with Crippen molar-refractivity contribution in [3.8, 4) is 5.75 Å². The third-order valence-electron chi connectivity index (χ3n) is 4.44. The summed E-state index contributed by atoms with van der Waals surface area (Å²) in [6.45, 7) is 11.1. The van der Waals surface area contributed by atoms with Crippen LogP contribution in [0.2, 0.25) is 5.02 Å². The second-order valence-electron chi connectivity index (χ2n) is 6.93. The molecule has 1 aromatic carbocycles. The largest absolute Gasteiger partial charge is 0.492 e. The Morgan fingerprint density at radius 1 is 1.05 bits per heavy atom. The second-order valence-corrected chi connectivity index (χ2v) is 7.37. The summed E-state index contributed by atoms with van der Waals surface area (Å²) in [7, 11) is 0. The average molecular weight is 332 g/mol. The Hall–Kier alpha value is -0.440. The van der Waals surface area contributed by atoms with Crippen LogP contribution in [-0.2, 0) is 0 Å². The van der Waals surface area contributed by atoms with E-state index in [1.807, 2.05) is 24.3 Å². The second kappa shape index (κ2) is 7.21. The van der Waals surface area contributed by atoms with Crippen molar-refractivity contribution in [1.82, 2.24) is 4.90 Å². The number of ether oxygens (including phenoxy) is 1. The van der Waals surface area contributed by atoms with E-state index in [0.29, 0.717) is 6.61 Å². The van der Waals surface area contributed by atoms with Gasteiger partial charge < -0.3 is 4.74 Å². The van der Waals surface area contributed by atoms with E-state index in [0.717, 1.165) is 17.3 Å². The maximum absolute atomic E-state index is 5.88. The molecule has 1 aliphatic heterocycles. The van der Waals surface area contributed by atoms with Gasteiger partial charge in [-0.15, -0.1) is 12.4 Å². The zero-order chi connectivity index (χ0) is 14.8. The van der Waals surface area contributed by atoms with Crippen molar-refractivity contribution in [2.45, 2.75) is 58.0 Å². The molecule has 0 atom stereocenters. The molecule has 2 nitrogen and oxygen atoms in total. The fraction of sp³-hybridized carbons (Fsp3) is 0.647. The molecular weight excluding hydrogens is 305 g/mol. The molecule has 0 aliphatic carbocycles. The number of nitrogens with zero attached hydrogens (tertiary/aromatic N) is 1. The first-order chi connectivity index (χ1) is 9.31. The third-order valence-corrected chi connectivity index (χ3v) is 4.69. The summed E-state index contributed by atoms with van der Waals surface area (Å²) in [5.74, 6) is 0.891. The fourth-order valence-corrected chi connectivity index (χ4v) is 3.56. The zero-order valence-electron chi connectivity index (χ0n) is 13.5. The van der Waals surface area contributed by atoms with Crippen LogP contribution in [0.3, 0.4) is 0 Å². The standard InChI is InChI=1S/C17H26ClNO.ClH/c1-16(2)10-5-11-17(3,4)19(16)12-13-20-15-8-6-14(18)7-9-15;/h6-9H,5,10-13H2,1-4H3;1H. The van der Waals surface area contributed by atoms with Crippen molar-refractivity contribution in [3.63, 3.8) is 0 Å². The Bertz CT molecular complexity index is 427. The predicted octanol–water partition coefficient (Wildman–Crippen LogP) is 5.18. The van der Waals surface area contributed by atoms with Gasteiger partial charge in [-0.25, -0.2) is 0 Å². The highest BCUT2D eigenvalue weighted by Crippen LogP contribution is 2.37. The number of rotatable bonds is 4. The summed E-state index contributed by atoms with van der Waals surface area (Å²) in [5, 5.41) is 0.746. The number of likely N-dealkylation sites (tertiary alicyclic amines) is 1. The molecule has 4 heteroatoms. The van der Waals surface area contributed by atoms with Gasteiger partial charge in [-0.2, -0.15) is 0 Å². The first kappa shape index (κ1) is 18.6. The molecule has 0 spiro atoms. The van der Waals surface area contributed by atoms with Gasteiger partial charge in [-0.05, 0) is 71.2 Å². The highest BCUT2D eigenvalue weighted by atomic mass is 35.5. The van der Waals surface area contributed by atoms with Crippen LogP contribution in [0.1, 0.15) is 47.0 Å². The van der Waals surface area contributed by atoms with Gasteiger partial charge in [0.15, 0.2) is 0 Å². The highest BCUT2D eigenvalue weighted by Gasteiger charge is 2.40. The van der Waals surface area contributed by atoms with Crippen molar-refractivity contribution in [2.75, 3.05) is 13.2 Å². The molecule has 0 saturated carbocycles. The third kappa shape index (κ3) is 4.77. The smallest absolute Gasteiger partial charge is 0.119 e. The molecule has 2 rings (SSSR count). The van der Waals surface area contributed by atoms with Gasteiger partial charge in [0.05, 0.1) is 0 Å². The number of benzene rings is 1. The molecule has 0 bridgehead atoms. The minimum Gasteiger partial charge on any atom is -0.492 e. The maximum atomic E-state index is 5.88. The molecule has 1 fully saturated rings. The zero-order valence-corrected chi connectivity index (χ0v) is 15.1. The number of hydrogen-bond donors (Lipinski definition) is 0. The summed E-state index contributed by atoms with van der Waals surface area (Å²) in [4.78, 5) is 2.60. The van der Waals surface area contributed by atoms with Crippen LogP contribution in [0, 0.1) is 0 Å². The highest BCUT2D eigenvalue weighted by molar-refractivity contribution is 6.30. The Morgan fingerprint density at radius 2 is 1.57 bits per heavy atom. The lowest BCUT2D eigenvalue weighted by Gasteiger charge is -2.53. The van der Waals surface area contributed by atoms with Crippen molar-refractivity contribution in [1.29, 1.82) is 0 Å². The predicted molar refractivity (Wildman–Crippen MR) is 92.9 cm³/mol. The van der Waals surface area contributed by atoms with Crippen LogP contribution in [0.5, 0.6) is 5.75 Å². The van der Waals surface area contributed by atoms with Gasteiger partial charge >= 0.3 is 0 Å². The van der Waals surface area contributed by atoms with Crippen LogP contribution in [-0.4, -0.2) is 29.1 Å². The summed E-state index contributed by atoms with van der Waals surface area (Å²) >= 11 is 5.88. The Labute approximate surface area is 140 Å². The average Bonchev–Trinajstić information content (AvgIpc) is 2.34. The minimum absolute atomic E-state index is 0. The van der Waals surface area contributed by atoms with E-state index in [-0.39, 0.29) is 23.5 Å². The lowest BCUT2D eigenvalue weighted by molar-refractivity contribution is -0.0340. The van der Waals surface area contributed by atoms with Crippen LogP contribution < -0.4 is 4.74 Å². The van der Waals surface area contributed by atoms with Crippen LogP contribution in [0.15, 0.2) is 24.3 Å². The van der Waals surface area contributed by atoms with Crippen molar-refractivity contribution in [3.05, 3.63) is 29.3 Å². The van der Waals surface area contributed by atoms with E-state index in [4.69, 9.17) is 16.3 Å². The molecule has 0 aromatic heterocycles. The van der Waals surface area contributed by atoms with Crippen LogP contribution in [0.25, 0.3) is 0 Å². The van der Waals surface area contributed by atoms with Gasteiger partial charge in [0.2, 0.25) is 0 Å². The lowest BCUT2D eigenvalue weighted by atomic mass is 9.80. The van der Waals surface area contributed by atoms with Crippen molar-refractivity contribution >= 4 is 24.0 Å². The molecule has 1 heterocycles. The SMILES string of the molecule is CC1(C)CCCC(C)(C)N1CCOc1ccc(Cl)cc1.Cl. The lowest BCUT2D eigenvalue weighted by Crippen LogP contribution is -2.59. The normalized spacial score (nSPS) is 20.6. The van der Waals surface area contributed by atoms with Crippen molar-refractivity contribution < 1.29 is 4.74 Å². The van der Waals surface area contributed by atoms with Gasteiger partial charge in [-0.3, -0.25) is 4.90 Å². The van der Waals surface area contributed by atoms with Gasteiger partial charge in [0.25, 0.3) is 0 Å². The van der Waals surface area contributed by atoms with Gasteiger partial charge in [0.1, 0.15) is 12.4 Å². The summed E-state index contributed by atoms with van der Waals surface area (Å²) < 4.78 is 5.85. The summed E-state index contributed by atoms with van der Waals surface area (Å²) in [5.41, 5.74) is 0.510. The van der Waals surface area contributed by atoms with E-state index < -0.39 is 0 Å². The number of hydrogen-bond acceptors (Lipinski definition) is 2. The molecule has 1 aliphatic rings. The Morgan fingerprint density at radius 3 is 2.10 bits per heavy atom. The van der Waals surface area contributed by atoms with Crippen molar-refractivity contribution in [2.24, 2.45) is 0 Å². The van der Waals surface area contributed by atoms with E-state index in [1.54, 1.807) is 0 Å². The minimum atomic E-state index is 0. The molecule has 21 heavy (non-hydrogen) atoms. The molecule has 1 saturated heterocycles. The first-order valence-electron chi connectivity index (χ1n) is 7.47. The Kier molecular flexibility index (Phi) is 6.39. The summed E-state index contributed by atoms with van der Waals surface area (Å²) in [6, 6.07) is 7.58. The molecular formula is C17H27Cl2NO. The quantitative estimate of drug-likeness (QED) is 0.753. The van der Waals surface area contributed by atoms with Gasteiger partial charge in [0, 0.05) is 22.6 Å². The molecule has 0 N–H and O–H groups in total. The van der Waals surface area contributed by atoms with E-state index in [2.05, 4.69) is 32.6 Å². The maximum Gasteiger partial charge on any atom is 0.119 e. The molecule has 0 radical (unpaired) electrons. The molecule has 1 aromatic rings. The van der Waals surface area contributed by atoms with Crippen LogP contribution in [0.4, 0.5) is 0 Å². The van der Waals surface area contributed by atoms with E-state index in [9.17, 15) is 0 Å². The van der Waals surface area contributed by atoms with E-state index in [1.165, 1.54) is 19.3 Å². The molecule has 0 unspecified atom stereocenters. The number of halogens is 2. The monoisotopic (exact) mass is 331 g/mol.